The van der Waals surface area contributed by atoms with E-state index in [1.165, 1.54) is 11.3 Å². The van der Waals surface area contributed by atoms with Gasteiger partial charge in [0.25, 0.3) is 0 Å². The summed E-state index contributed by atoms with van der Waals surface area (Å²) in [5.41, 5.74) is -0.807. The molecule has 16 heavy (non-hydrogen) atoms. The van der Waals surface area contributed by atoms with E-state index in [9.17, 15) is 9.90 Å². The summed E-state index contributed by atoms with van der Waals surface area (Å²) >= 11 is 3.11. The Morgan fingerprint density at radius 1 is 1.31 bits per heavy atom. The summed E-state index contributed by atoms with van der Waals surface area (Å²) in [6.45, 7) is 1.79. The van der Waals surface area contributed by atoms with E-state index in [-0.39, 0.29) is 0 Å². The SMILES string of the molecule is CC(Cc1cccs1)(C(=O)O)c1cccs1. The molecule has 4 heteroatoms. The topological polar surface area (TPSA) is 37.3 Å². The van der Waals surface area contributed by atoms with E-state index in [0.29, 0.717) is 6.42 Å². The van der Waals surface area contributed by atoms with Crippen LogP contribution in [0.3, 0.4) is 0 Å². The molecular weight excluding hydrogens is 240 g/mol. The largest absolute Gasteiger partial charge is 0.481 e. The van der Waals surface area contributed by atoms with Gasteiger partial charge in [-0.2, -0.15) is 0 Å². The van der Waals surface area contributed by atoms with Gasteiger partial charge in [-0.25, -0.2) is 0 Å². The van der Waals surface area contributed by atoms with Crippen LogP contribution in [-0.4, -0.2) is 11.1 Å². The van der Waals surface area contributed by atoms with Crippen molar-refractivity contribution in [2.75, 3.05) is 0 Å². The van der Waals surface area contributed by atoms with Crippen LogP contribution < -0.4 is 0 Å². The molecule has 2 rings (SSSR count). The Bertz CT molecular complexity index is 459. The average Bonchev–Trinajstić information content (AvgIpc) is 2.88. The molecule has 2 nitrogen and oxygen atoms in total. The van der Waals surface area contributed by atoms with Gasteiger partial charge in [-0.3, -0.25) is 4.79 Å². The normalized spacial score (nSPS) is 14.6. The van der Waals surface area contributed by atoms with Crippen LogP contribution in [0.1, 0.15) is 16.7 Å². The van der Waals surface area contributed by atoms with Gasteiger partial charge in [-0.15, -0.1) is 22.7 Å². The zero-order valence-corrected chi connectivity index (χ0v) is 10.5. The first kappa shape index (κ1) is 11.4. The van der Waals surface area contributed by atoms with E-state index >= 15 is 0 Å². The first-order valence-electron chi connectivity index (χ1n) is 4.93. The third-order valence-electron chi connectivity index (χ3n) is 2.64. The monoisotopic (exact) mass is 252 g/mol. The molecule has 2 aromatic rings. The second kappa shape index (κ2) is 4.39. The molecule has 0 saturated carbocycles. The first-order chi connectivity index (χ1) is 7.63. The predicted octanol–water partition coefficient (Wildman–Crippen LogP) is 3.39. The van der Waals surface area contributed by atoms with Crippen molar-refractivity contribution in [2.45, 2.75) is 18.8 Å². The highest BCUT2D eigenvalue weighted by Gasteiger charge is 2.36. The summed E-state index contributed by atoms with van der Waals surface area (Å²) < 4.78 is 0. The van der Waals surface area contributed by atoms with Crippen LogP contribution in [0.4, 0.5) is 0 Å². The zero-order chi connectivity index (χ0) is 11.6. The summed E-state index contributed by atoms with van der Waals surface area (Å²) in [7, 11) is 0. The van der Waals surface area contributed by atoms with Gasteiger partial charge in [0.1, 0.15) is 5.41 Å². The Labute approximate surface area is 102 Å². The lowest BCUT2D eigenvalue weighted by molar-refractivity contribution is -0.143. The van der Waals surface area contributed by atoms with Gasteiger partial charge in [0, 0.05) is 16.2 Å². The molecule has 0 aromatic carbocycles. The maximum absolute atomic E-state index is 11.5. The second-order valence-corrected chi connectivity index (χ2v) is 5.85. The molecule has 0 fully saturated rings. The number of carboxylic acids is 1. The van der Waals surface area contributed by atoms with Gasteiger partial charge >= 0.3 is 5.97 Å². The van der Waals surface area contributed by atoms with Crippen molar-refractivity contribution in [3.8, 4) is 0 Å². The van der Waals surface area contributed by atoms with Crippen molar-refractivity contribution < 1.29 is 9.90 Å². The lowest BCUT2D eigenvalue weighted by Crippen LogP contribution is -2.33. The molecule has 0 radical (unpaired) electrons. The fraction of sp³-hybridized carbons (Fsp3) is 0.250. The van der Waals surface area contributed by atoms with E-state index in [1.807, 2.05) is 35.0 Å². The van der Waals surface area contributed by atoms with Crippen LogP contribution in [0.2, 0.25) is 0 Å². The molecule has 0 saturated heterocycles. The molecule has 1 unspecified atom stereocenters. The molecule has 2 aromatic heterocycles. The summed E-state index contributed by atoms with van der Waals surface area (Å²) in [5.74, 6) is -0.761. The fourth-order valence-corrected chi connectivity index (χ4v) is 3.36. The molecule has 0 amide bonds. The molecule has 1 N–H and O–H groups in total. The highest BCUT2D eigenvalue weighted by atomic mass is 32.1. The van der Waals surface area contributed by atoms with Crippen molar-refractivity contribution in [3.05, 3.63) is 44.8 Å². The van der Waals surface area contributed by atoms with Gasteiger partial charge in [0.05, 0.1) is 0 Å². The third kappa shape index (κ3) is 2.03. The van der Waals surface area contributed by atoms with Crippen LogP contribution >= 0.6 is 22.7 Å². The molecule has 0 aliphatic heterocycles. The van der Waals surface area contributed by atoms with E-state index in [4.69, 9.17) is 0 Å². The Morgan fingerprint density at radius 2 is 2.00 bits per heavy atom. The Hall–Kier alpha value is -1.13. The Morgan fingerprint density at radius 3 is 2.50 bits per heavy atom. The third-order valence-corrected chi connectivity index (χ3v) is 4.66. The van der Waals surface area contributed by atoms with E-state index in [1.54, 1.807) is 18.3 Å². The molecular formula is C12H12O2S2. The highest BCUT2D eigenvalue weighted by Crippen LogP contribution is 2.33. The Balaban J connectivity index is 2.33. The first-order valence-corrected chi connectivity index (χ1v) is 6.68. The average molecular weight is 252 g/mol. The van der Waals surface area contributed by atoms with Crippen LogP contribution in [0.5, 0.6) is 0 Å². The van der Waals surface area contributed by atoms with E-state index < -0.39 is 11.4 Å². The number of carboxylic acid groups (broad SMARTS) is 1. The van der Waals surface area contributed by atoms with Crippen molar-refractivity contribution in [1.29, 1.82) is 0 Å². The molecule has 0 aliphatic carbocycles. The zero-order valence-electron chi connectivity index (χ0n) is 8.84. The number of hydrogen-bond acceptors (Lipinski definition) is 3. The minimum absolute atomic E-state index is 0.556. The summed E-state index contributed by atoms with van der Waals surface area (Å²) in [6, 6.07) is 7.73. The smallest absolute Gasteiger partial charge is 0.315 e. The molecule has 2 heterocycles. The van der Waals surface area contributed by atoms with Crippen molar-refractivity contribution in [3.63, 3.8) is 0 Å². The minimum atomic E-state index is -0.807. The van der Waals surface area contributed by atoms with Crippen molar-refractivity contribution >= 4 is 28.6 Å². The quantitative estimate of drug-likeness (QED) is 0.905. The maximum Gasteiger partial charge on any atom is 0.315 e. The van der Waals surface area contributed by atoms with E-state index in [0.717, 1.165) is 9.75 Å². The van der Waals surface area contributed by atoms with E-state index in [2.05, 4.69) is 0 Å². The second-order valence-electron chi connectivity index (χ2n) is 3.87. The van der Waals surface area contributed by atoms with Gasteiger partial charge in [-0.05, 0) is 29.8 Å². The van der Waals surface area contributed by atoms with Crippen molar-refractivity contribution in [2.24, 2.45) is 0 Å². The standard InChI is InChI=1S/C12H12O2S2/c1-12(11(13)14,10-5-3-7-16-10)8-9-4-2-6-15-9/h2-7H,8H2,1H3,(H,13,14). The number of carbonyl (C=O) groups is 1. The highest BCUT2D eigenvalue weighted by molar-refractivity contribution is 7.10. The van der Waals surface area contributed by atoms with Crippen LogP contribution in [0, 0.1) is 0 Å². The fourth-order valence-electron chi connectivity index (χ4n) is 1.62. The molecule has 84 valence electrons. The van der Waals surface area contributed by atoms with Crippen LogP contribution in [0.25, 0.3) is 0 Å². The predicted molar refractivity (Wildman–Crippen MR) is 67.3 cm³/mol. The summed E-state index contributed by atoms with van der Waals surface area (Å²) in [5, 5.41) is 13.3. The van der Waals surface area contributed by atoms with Gasteiger partial charge in [-0.1, -0.05) is 12.1 Å². The number of rotatable bonds is 4. The van der Waals surface area contributed by atoms with Gasteiger partial charge < -0.3 is 5.11 Å². The maximum atomic E-state index is 11.5. The molecule has 0 bridgehead atoms. The summed E-state index contributed by atoms with van der Waals surface area (Å²) in [6.07, 6.45) is 0.556. The van der Waals surface area contributed by atoms with Gasteiger partial charge in [0.2, 0.25) is 0 Å². The lowest BCUT2D eigenvalue weighted by atomic mass is 9.84. The van der Waals surface area contributed by atoms with Crippen LogP contribution in [-0.2, 0) is 16.6 Å². The molecule has 0 spiro atoms. The minimum Gasteiger partial charge on any atom is -0.481 e. The molecule has 0 aliphatic rings. The molecule has 1 atom stereocenters. The van der Waals surface area contributed by atoms with Gasteiger partial charge in [0.15, 0.2) is 0 Å². The lowest BCUT2D eigenvalue weighted by Gasteiger charge is -2.22. The number of aliphatic carboxylic acids is 1. The number of thiophene rings is 2. The Kier molecular flexibility index (Phi) is 3.12. The van der Waals surface area contributed by atoms with Crippen molar-refractivity contribution in [1.82, 2.24) is 0 Å². The summed E-state index contributed by atoms with van der Waals surface area (Å²) in [4.78, 5) is 13.5. The number of hydrogen-bond donors (Lipinski definition) is 1. The van der Waals surface area contributed by atoms with Crippen LogP contribution in [0.15, 0.2) is 35.0 Å².